The number of carboxylic acid groups (broad SMARTS) is 1. The number of ketones is 1. The van der Waals surface area contributed by atoms with Crippen molar-refractivity contribution in [3.8, 4) is 5.75 Å². The Bertz CT molecular complexity index is 767. The van der Waals surface area contributed by atoms with Crippen molar-refractivity contribution in [2.24, 2.45) is 7.05 Å². The molecule has 0 aliphatic rings. The highest BCUT2D eigenvalue weighted by atomic mass is 35.5. The van der Waals surface area contributed by atoms with E-state index in [0.29, 0.717) is 17.0 Å². The molecule has 0 unspecified atom stereocenters. The average molecular weight is 355 g/mol. The lowest BCUT2D eigenvalue weighted by Crippen LogP contribution is -2.09. The number of hydrogen-bond donors (Lipinski definition) is 1. The van der Waals surface area contributed by atoms with Gasteiger partial charge in [0.25, 0.3) is 0 Å². The van der Waals surface area contributed by atoms with Crippen molar-refractivity contribution in [2.75, 3.05) is 6.61 Å². The van der Waals surface area contributed by atoms with E-state index >= 15 is 0 Å². The van der Waals surface area contributed by atoms with Crippen LogP contribution < -0.4 is 4.74 Å². The smallest absolute Gasteiger partial charge is 0.341 e. The highest BCUT2D eigenvalue weighted by Gasteiger charge is 2.09. The predicted octanol–water partition coefficient (Wildman–Crippen LogP) is 3.09. The molecular weight excluding hydrogens is 343 g/mol. The number of benzene rings is 1. The molecule has 1 N–H and O–H groups in total. The van der Waals surface area contributed by atoms with Gasteiger partial charge in [-0.2, -0.15) is 0 Å². The van der Waals surface area contributed by atoms with Gasteiger partial charge in [-0.1, -0.05) is 11.6 Å². The fourth-order valence-corrected chi connectivity index (χ4v) is 2.23. The van der Waals surface area contributed by atoms with Crippen LogP contribution in [0.15, 0.2) is 30.3 Å². The van der Waals surface area contributed by atoms with Crippen LogP contribution in [0.5, 0.6) is 5.75 Å². The van der Waals surface area contributed by atoms with E-state index in [1.807, 2.05) is 0 Å². The van der Waals surface area contributed by atoms with Gasteiger partial charge >= 0.3 is 5.97 Å². The van der Waals surface area contributed by atoms with Gasteiger partial charge in [-0.15, -0.1) is 0 Å². The zero-order valence-electron chi connectivity index (χ0n) is 12.0. The van der Waals surface area contributed by atoms with E-state index in [4.69, 9.17) is 33.0 Å². The number of carbonyl (C=O) groups excluding carboxylic acids is 1. The SMILES string of the molecule is Cn1c(Cl)nc(Cl)c1/C=C/C(=O)c1ccc(OCC(=O)O)cc1. The van der Waals surface area contributed by atoms with Gasteiger partial charge in [0.15, 0.2) is 17.5 Å². The quantitative estimate of drug-likeness (QED) is 0.636. The molecule has 1 heterocycles. The van der Waals surface area contributed by atoms with E-state index in [9.17, 15) is 9.59 Å². The first kappa shape index (κ1) is 17.1. The Labute approximate surface area is 141 Å². The second-order valence-corrected chi connectivity index (χ2v) is 5.22. The fourth-order valence-electron chi connectivity index (χ4n) is 1.74. The van der Waals surface area contributed by atoms with E-state index in [1.54, 1.807) is 23.7 Å². The van der Waals surface area contributed by atoms with Crippen LogP contribution >= 0.6 is 23.2 Å². The lowest BCUT2D eigenvalue weighted by molar-refractivity contribution is -0.139. The summed E-state index contributed by atoms with van der Waals surface area (Å²) in [5.74, 6) is -0.947. The zero-order chi connectivity index (χ0) is 17.0. The maximum atomic E-state index is 12.1. The highest BCUT2D eigenvalue weighted by molar-refractivity contribution is 6.33. The Morgan fingerprint density at radius 2 is 1.96 bits per heavy atom. The number of carbonyl (C=O) groups is 2. The van der Waals surface area contributed by atoms with Gasteiger partial charge < -0.3 is 14.4 Å². The van der Waals surface area contributed by atoms with Crippen LogP contribution in [-0.2, 0) is 11.8 Å². The summed E-state index contributed by atoms with van der Waals surface area (Å²) < 4.78 is 6.55. The summed E-state index contributed by atoms with van der Waals surface area (Å²) in [6.07, 6.45) is 2.88. The van der Waals surface area contributed by atoms with Crippen molar-refractivity contribution >= 4 is 41.0 Å². The summed E-state index contributed by atoms with van der Waals surface area (Å²) in [5, 5.41) is 8.96. The van der Waals surface area contributed by atoms with Crippen molar-refractivity contribution in [1.82, 2.24) is 9.55 Å². The van der Waals surface area contributed by atoms with E-state index < -0.39 is 12.6 Å². The molecule has 0 radical (unpaired) electrons. The van der Waals surface area contributed by atoms with Gasteiger partial charge in [0.2, 0.25) is 5.28 Å². The lowest BCUT2D eigenvalue weighted by atomic mass is 10.1. The number of allylic oxidation sites excluding steroid dienone is 1. The zero-order valence-corrected chi connectivity index (χ0v) is 13.5. The van der Waals surface area contributed by atoms with Crippen molar-refractivity contribution in [3.05, 3.63) is 52.0 Å². The molecule has 0 bridgehead atoms. The van der Waals surface area contributed by atoms with Gasteiger partial charge in [-0.05, 0) is 48.0 Å². The molecule has 1 aromatic heterocycles. The summed E-state index contributed by atoms with van der Waals surface area (Å²) in [5.41, 5.74) is 0.944. The Balaban J connectivity index is 2.08. The molecular formula is C15H12Cl2N2O4. The Hall–Kier alpha value is -2.31. The monoisotopic (exact) mass is 354 g/mol. The molecule has 0 saturated heterocycles. The minimum atomic E-state index is -1.07. The number of ether oxygens (including phenoxy) is 1. The van der Waals surface area contributed by atoms with Crippen LogP contribution in [-0.4, -0.2) is 33.0 Å². The van der Waals surface area contributed by atoms with E-state index in [1.165, 1.54) is 24.3 Å². The van der Waals surface area contributed by atoms with Crippen LogP contribution in [0.4, 0.5) is 0 Å². The van der Waals surface area contributed by atoms with Crippen molar-refractivity contribution in [3.63, 3.8) is 0 Å². The second kappa shape index (κ2) is 7.30. The fraction of sp³-hybridized carbons (Fsp3) is 0.133. The summed E-state index contributed by atoms with van der Waals surface area (Å²) in [6, 6.07) is 6.14. The molecule has 0 atom stereocenters. The summed E-state index contributed by atoms with van der Waals surface area (Å²) in [6.45, 7) is -0.438. The first-order valence-corrected chi connectivity index (χ1v) is 7.19. The van der Waals surface area contributed by atoms with E-state index in [0.717, 1.165) is 0 Å². The average Bonchev–Trinajstić information content (AvgIpc) is 2.76. The number of aromatic nitrogens is 2. The Morgan fingerprint density at radius 1 is 1.30 bits per heavy atom. The number of nitrogens with zero attached hydrogens (tertiary/aromatic N) is 2. The van der Waals surface area contributed by atoms with Crippen LogP contribution in [0, 0.1) is 0 Å². The largest absolute Gasteiger partial charge is 0.482 e. The van der Waals surface area contributed by atoms with E-state index in [2.05, 4.69) is 4.98 Å². The molecule has 0 spiro atoms. The summed E-state index contributed by atoms with van der Waals surface area (Å²) in [4.78, 5) is 26.4. The molecule has 120 valence electrons. The van der Waals surface area contributed by atoms with Crippen LogP contribution in [0.25, 0.3) is 6.08 Å². The number of rotatable bonds is 6. The number of halogens is 2. The van der Waals surface area contributed by atoms with E-state index in [-0.39, 0.29) is 16.2 Å². The van der Waals surface area contributed by atoms with Crippen molar-refractivity contribution in [2.45, 2.75) is 0 Å². The normalized spacial score (nSPS) is 10.9. The lowest BCUT2D eigenvalue weighted by Gasteiger charge is -2.03. The van der Waals surface area contributed by atoms with Gasteiger partial charge in [0.05, 0.1) is 5.69 Å². The third kappa shape index (κ3) is 4.34. The molecule has 1 aromatic carbocycles. The number of imidazole rings is 1. The molecule has 0 aliphatic heterocycles. The third-order valence-corrected chi connectivity index (χ3v) is 3.55. The van der Waals surface area contributed by atoms with Crippen LogP contribution in [0.2, 0.25) is 10.4 Å². The van der Waals surface area contributed by atoms with Crippen LogP contribution in [0.1, 0.15) is 16.1 Å². The van der Waals surface area contributed by atoms with Crippen molar-refractivity contribution < 1.29 is 19.4 Å². The summed E-state index contributed by atoms with van der Waals surface area (Å²) >= 11 is 11.7. The van der Waals surface area contributed by atoms with Crippen molar-refractivity contribution in [1.29, 1.82) is 0 Å². The minimum Gasteiger partial charge on any atom is -0.482 e. The standard InChI is InChI=1S/C15H12Cl2N2O4/c1-19-11(14(16)18-15(19)17)6-7-12(20)9-2-4-10(5-3-9)23-8-13(21)22/h2-7H,8H2,1H3,(H,21,22)/b7-6+. The topological polar surface area (TPSA) is 81.4 Å². The molecule has 8 heteroatoms. The highest BCUT2D eigenvalue weighted by Crippen LogP contribution is 2.21. The Kier molecular flexibility index (Phi) is 5.41. The number of aliphatic carboxylic acids is 1. The molecule has 0 aliphatic carbocycles. The predicted molar refractivity (Wildman–Crippen MR) is 86.2 cm³/mol. The van der Waals surface area contributed by atoms with Gasteiger partial charge in [-0.3, -0.25) is 4.79 Å². The molecule has 0 fully saturated rings. The maximum Gasteiger partial charge on any atom is 0.341 e. The maximum absolute atomic E-state index is 12.1. The summed E-state index contributed by atoms with van der Waals surface area (Å²) in [7, 11) is 1.68. The molecule has 23 heavy (non-hydrogen) atoms. The molecule has 0 saturated carbocycles. The molecule has 2 rings (SSSR count). The van der Waals surface area contributed by atoms with Gasteiger partial charge in [-0.25, -0.2) is 9.78 Å². The van der Waals surface area contributed by atoms with Crippen LogP contribution in [0.3, 0.4) is 0 Å². The number of carboxylic acids is 1. The third-order valence-electron chi connectivity index (χ3n) is 2.93. The second-order valence-electron chi connectivity index (χ2n) is 4.52. The van der Waals surface area contributed by atoms with Gasteiger partial charge in [0, 0.05) is 12.6 Å². The van der Waals surface area contributed by atoms with Gasteiger partial charge in [0.1, 0.15) is 5.75 Å². The first-order chi connectivity index (χ1) is 10.9. The minimum absolute atomic E-state index is 0.207. The first-order valence-electron chi connectivity index (χ1n) is 6.43. The molecule has 0 amide bonds. The Morgan fingerprint density at radius 3 is 2.48 bits per heavy atom. The molecule has 6 nitrogen and oxygen atoms in total. The molecule has 2 aromatic rings. The number of hydrogen-bond acceptors (Lipinski definition) is 4.